The van der Waals surface area contributed by atoms with Gasteiger partial charge in [-0.15, -0.1) is 0 Å². The van der Waals surface area contributed by atoms with Crippen molar-refractivity contribution in [1.29, 1.82) is 5.26 Å². The zero-order valence-electron chi connectivity index (χ0n) is 16.1. The summed E-state index contributed by atoms with van der Waals surface area (Å²) in [4.78, 5) is 12.3. The molecule has 0 aliphatic carbocycles. The van der Waals surface area contributed by atoms with E-state index >= 15 is 0 Å². The van der Waals surface area contributed by atoms with Gasteiger partial charge in [-0.05, 0) is 61.4 Å². The van der Waals surface area contributed by atoms with Crippen molar-refractivity contribution in [1.82, 2.24) is 4.31 Å². The molecule has 0 saturated carbocycles. The van der Waals surface area contributed by atoms with Crippen LogP contribution in [0.2, 0.25) is 0 Å². The van der Waals surface area contributed by atoms with E-state index in [1.807, 2.05) is 6.07 Å². The van der Waals surface area contributed by atoms with Crippen LogP contribution in [0, 0.1) is 11.3 Å². The first-order chi connectivity index (χ1) is 14.0. The molecule has 1 saturated heterocycles. The molecule has 7 nitrogen and oxygen atoms in total. The van der Waals surface area contributed by atoms with Crippen molar-refractivity contribution < 1.29 is 13.2 Å². The Morgan fingerprint density at radius 1 is 0.931 bits per heavy atom. The lowest BCUT2D eigenvalue weighted by Gasteiger charge is -2.20. The minimum absolute atomic E-state index is 0.0399. The predicted molar refractivity (Wildman–Crippen MR) is 112 cm³/mol. The maximum Gasteiger partial charge on any atom is 0.243 e. The molecule has 29 heavy (non-hydrogen) atoms. The van der Waals surface area contributed by atoms with E-state index in [1.165, 1.54) is 0 Å². The van der Waals surface area contributed by atoms with Crippen LogP contribution in [-0.2, 0) is 14.8 Å². The number of anilines is 2. The normalized spacial score (nSPS) is 15.1. The van der Waals surface area contributed by atoms with Gasteiger partial charge in [0.05, 0.1) is 23.1 Å². The lowest BCUT2D eigenvalue weighted by molar-refractivity contribution is -0.114. The van der Waals surface area contributed by atoms with Gasteiger partial charge in [-0.3, -0.25) is 4.79 Å². The maximum absolute atomic E-state index is 12.8. The lowest BCUT2D eigenvalue weighted by Crippen LogP contribution is -2.31. The van der Waals surface area contributed by atoms with Crippen LogP contribution in [-0.4, -0.2) is 38.3 Å². The van der Waals surface area contributed by atoms with Gasteiger partial charge in [0.25, 0.3) is 0 Å². The fourth-order valence-electron chi connectivity index (χ4n) is 3.19. The molecule has 0 spiro atoms. The number of nitrogens with zero attached hydrogens (tertiary/aromatic N) is 2. The molecular weight excluding hydrogens is 388 g/mol. The standard InChI is InChI=1S/C21H24N4O3S/c22-15-17-5-7-19(8-6-17)24-21(26)16-23-18-9-11-20(12-10-18)29(27,28)25-13-3-1-2-4-14-25/h5-12,23H,1-4,13-14,16H2,(H,24,26). The van der Waals surface area contributed by atoms with Crippen molar-refractivity contribution >= 4 is 27.3 Å². The summed E-state index contributed by atoms with van der Waals surface area (Å²) in [6, 6.07) is 15.1. The van der Waals surface area contributed by atoms with Crippen molar-refractivity contribution in [3.63, 3.8) is 0 Å². The number of carbonyl (C=O) groups is 1. The van der Waals surface area contributed by atoms with Crippen LogP contribution in [0.3, 0.4) is 0 Å². The van der Waals surface area contributed by atoms with E-state index in [1.54, 1.807) is 52.8 Å². The average Bonchev–Trinajstić information content (AvgIpc) is 3.03. The van der Waals surface area contributed by atoms with Crippen LogP contribution < -0.4 is 10.6 Å². The van der Waals surface area contributed by atoms with E-state index < -0.39 is 10.0 Å². The molecule has 152 valence electrons. The second kappa shape index (κ2) is 9.54. The molecule has 1 aliphatic heterocycles. The Labute approximate surface area is 171 Å². The highest BCUT2D eigenvalue weighted by atomic mass is 32.2. The van der Waals surface area contributed by atoms with Gasteiger partial charge in [-0.25, -0.2) is 8.42 Å². The van der Waals surface area contributed by atoms with Gasteiger partial charge in [0.1, 0.15) is 0 Å². The second-order valence-electron chi connectivity index (χ2n) is 6.93. The number of nitrogens with one attached hydrogen (secondary N) is 2. The van der Waals surface area contributed by atoms with Crippen molar-refractivity contribution in [2.75, 3.05) is 30.3 Å². The number of nitriles is 1. The summed E-state index contributed by atoms with van der Waals surface area (Å²) in [6.45, 7) is 1.17. The third-order valence-electron chi connectivity index (χ3n) is 4.81. The van der Waals surface area contributed by atoms with E-state index in [0.29, 0.717) is 30.0 Å². The molecule has 2 aromatic rings. The second-order valence-corrected chi connectivity index (χ2v) is 8.87. The van der Waals surface area contributed by atoms with Crippen LogP contribution in [0.1, 0.15) is 31.2 Å². The fourth-order valence-corrected chi connectivity index (χ4v) is 4.71. The quantitative estimate of drug-likeness (QED) is 0.759. The number of rotatable bonds is 6. The summed E-state index contributed by atoms with van der Waals surface area (Å²) in [7, 11) is -3.48. The minimum atomic E-state index is -3.48. The Balaban J connectivity index is 1.55. The smallest absolute Gasteiger partial charge is 0.243 e. The van der Waals surface area contributed by atoms with E-state index in [4.69, 9.17) is 5.26 Å². The summed E-state index contributed by atoms with van der Waals surface area (Å²) in [6.07, 6.45) is 3.93. The number of amides is 1. The van der Waals surface area contributed by atoms with Crippen LogP contribution in [0.15, 0.2) is 53.4 Å². The Morgan fingerprint density at radius 3 is 2.10 bits per heavy atom. The minimum Gasteiger partial charge on any atom is -0.376 e. The molecule has 1 fully saturated rings. The monoisotopic (exact) mass is 412 g/mol. The number of benzene rings is 2. The fraction of sp³-hybridized carbons (Fsp3) is 0.333. The molecule has 2 aromatic carbocycles. The third kappa shape index (κ3) is 5.56. The molecule has 1 amide bonds. The molecule has 1 heterocycles. The van der Waals surface area contributed by atoms with Crippen molar-refractivity contribution in [3.8, 4) is 6.07 Å². The summed E-state index contributed by atoms with van der Waals surface area (Å²) in [5.74, 6) is -0.240. The first-order valence-corrected chi connectivity index (χ1v) is 11.1. The van der Waals surface area contributed by atoms with Gasteiger partial charge in [0.2, 0.25) is 15.9 Å². The van der Waals surface area contributed by atoms with E-state index in [-0.39, 0.29) is 17.3 Å². The molecule has 0 atom stereocenters. The molecule has 3 rings (SSSR count). The first kappa shape index (κ1) is 20.8. The van der Waals surface area contributed by atoms with Gasteiger partial charge in [0, 0.05) is 24.5 Å². The van der Waals surface area contributed by atoms with Gasteiger partial charge in [-0.1, -0.05) is 12.8 Å². The molecule has 0 bridgehead atoms. The SMILES string of the molecule is N#Cc1ccc(NC(=O)CNc2ccc(S(=O)(=O)N3CCCCCC3)cc2)cc1. The molecule has 0 unspecified atom stereocenters. The largest absolute Gasteiger partial charge is 0.376 e. The molecule has 1 aliphatic rings. The molecular formula is C21H24N4O3S. The van der Waals surface area contributed by atoms with Crippen LogP contribution in [0.5, 0.6) is 0 Å². The van der Waals surface area contributed by atoms with Crippen molar-refractivity contribution in [3.05, 3.63) is 54.1 Å². The molecule has 8 heteroatoms. The van der Waals surface area contributed by atoms with E-state index in [2.05, 4.69) is 10.6 Å². The van der Waals surface area contributed by atoms with Crippen LogP contribution in [0.25, 0.3) is 0 Å². The summed E-state index contributed by atoms with van der Waals surface area (Å²) in [5, 5.41) is 14.5. The zero-order chi connectivity index (χ0) is 20.7. The third-order valence-corrected chi connectivity index (χ3v) is 6.72. The molecule has 0 aromatic heterocycles. The summed E-state index contributed by atoms with van der Waals surface area (Å²) >= 11 is 0. The van der Waals surface area contributed by atoms with Gasteiger partial charge in [-0.2, -0.15) is 9.57 Å². The first-order valence-electron chi connectivity index (χ1n) is 9.63. The number of sulfonamides is 1. The highest BCUT2D eigenvalue weighted by Crippen LogP contribution is 2.21. The van der Waals surface area contributed by atoms with Gasteiger partial charge >= 0.3 is 0 Å². The summed E-state index contributed by atoms with van der Waals surface area (Å²) < 4.78 is 27.1. The number of carbonyl (C=O) groups excluding carboxylic acids is 1. The Morgan fingerprint density at radius 2 is 1.52 bits per heavy atom. The maximum atomic E-state index is 12.8. The van der Waals surface area contributed by atoms with E-state index in [9.17, 15) is 13.2 Å². The van der Waals surface area contributed by atoms with Crippen molar-refractivity contribution in [2.24, 2.45) is 0 Å². The van der Waals surface area contributed by atoms with Gasteiger partial charge in [0.15, 0.2) is 0 Å². The van der Waals surface area contributed by atoms with Crippen LogP contribution in [0.4, 0.5) is 11.4 Å². The van der Waals surface area contributed by atoms with Crippen LogP contribution >= 0.6 is 0 Å². The van der Waals surface area contributed by atoms with Crippen molar-refractivity contribution in [2.45, 2.75) is 30.6 Å². The number of hydrogen-bond donors (Lipinski definition) is 2. The highest BCUT2D eigenvalue weighted by molar-refractivity contribution is 7.89. The molecule has 2 N–H and O–H groups in total. The topological polar surface area (TPSA) is 102 Å². The Bertz CT molecular complexity index is 972. The predicted octanol–water partition coefficient (Wildman–Crippen LogP) is 3.17. The zero-order valence-corrected chi connectivity index (χ0v) is 16.9. The summed E-state index contributed by atoms with van der Waals surface area (Å²) in [5.41, 5.74) is 1.79. The van der Waals surface area contributed by atoms with E-state index in [0.717, 1.165) is 25.7 Å². The molecule has 0 radical (unpaired) electrons. The number of hydrogen-bond acceptors (Lipinski definition) is 5. The highest BCUT2D eigenvalue weighted by Gasteiger charge is 2.24. The Hall–Kier alpha value is -2.89. The average molecular weight is 413 g/mol. The Kier molecular flexibility index (Phi) is 6.86. The lowest BCUT2D eigenvalue weighted by atomic mass is 10.2. The van der Waals surface area contributed by atoms with Gasteiger partial charge < -0.3 is 10.6 Å².